The van der Waals surface area contributed by atoms with Crippen molar-refractivity contribution in [3.63, 3.8) is 0 Å². The lowest BCUT2D eigenvalue weighted by molar-refractivity contribution is -0.0507. The van der Waals surface area contributed by atoms with E-state index in [1.165, 1.54) is 12.1 Å². The topological polar surface area (TPSA) is 47.6 Å². The summed E-state index contributed by atoms with van der Waals surface area (Å²) in [5, 5.41) is 3.51. The molecule has 0 aromatic heterocycles. The van der Waals surface area contributed by atoms with E-state index in [-0.39, 0.29) is 17.7 Å². The molecule has 1 amide bonds. The van der Waals surface area contributed by atoms with Crippen LogP contribution in [0.2, 0.25) is 5.02 Å². The summed E-state index contributed by atoms with van der Waals surface area (Å²) in [5.41, 5.74) is 3.16. The Morgan fingerprint density at radius 3 is 2.52 bits per heavy atom. The van der Waals surface area contributed by atoms with Crippen molar-refractivity contribution in [2.24, 2.45) is 0 Å². The number of carbonyl (C=O) groups excluding carboxylic acids is 1. The Morgan fingerprint density at radius 2 is 1.89 bits per heavy atom. The molecule has 27 heavy (non-hydrogen) atoms. The van der Waals surface area contributed by atoms with E-state index in [1.54, 1.807) is 19.9 Å². The smallest absolute Gasteiger partial charge is 0.387 e. The van der Waals surface area contributed by atoms with E-state index in [1.807, 2.05) is 13.0 Å². The van der Waals surface area contributed by atoms with Crippen LogP contribution in [0.4, 0.5) is 8.78 Å². The van der Waals surface area contributed by atoms with Crippen LogP contribution in [0.5, 0.6) is 11.5 Å². The second kappa shape index (κ2) is 7.72. The highest BCUT2D eigenvalue weighted by Crippen LogP contribution is 2.36. The first-order valence-electron chi connectivity index (χ1n) is 8.58. The highest BCUT2D eigenvalue weighted by molar-refractivity contribution is 6.30. The summed E-state index contributed by atoms with van der Waals surface area (Å²) in [7, 11) is 0. The number of nitrogens with one attached hydrogen (secondary N) is 1. The standard InChI is InChI=1S/C20H20ClF2NO3/c1-10-6-14(7-11(2)17(10)27-20(22)23)19(25)24-12(3)16-9-15(21)8-13-4-5-26-18(13)16/h6-9,12,20H,4-5H2,1-3H3,(H,24,25). The van der Waals surface area contributed by atoms with Gasteiger partial charge in [-0.3, -0.25) is 4.79 Å². The van der Waals surface area contributed by atoms with Crippen LogP contribution in [0.3, 0.4) is 0 Å². The Bertz CT molecular complexity index is 863. The van der Waals surface area contributed by atoms with E-state index in [2.05, 4.69) is 10.1 Å². The number of ether oxygens (including phenoxy) is 2. The molecule has 0 radical (unpaired) electrons. The highest BCUT2D eigenvalue weighted by Gasteiger charge is 2.23. The molecular formula is C20H20ClF2NO3. The molecule has 0 fully saturated rings. The first kappa shape index (κ1) is 19.4. The van der Waals surface area contributed by atoms with Gasteiger partial charge in [0.2, 0.25) is 0 Å². The minimum Gasteiger partial charge on any atom is -0.493 e. The summed E-state index contributed by atoms with van der Waals surface area (Å²) in [6.45, 7) is 2.78. The second-order valence-corrected chi connectivity index (χ2v) is 7.03. The summed E-state index contributed by atoms with van der Waals surface area (Å²) in [4.78, 5) is 12.7. The molecule has 0 spiro atoms. The minimum atomic E-state index is -2.91. The third-order valence-corrected chi connectivity index (χ3v) is 4.74. The highest BCUT2D eigenvalue weighted by atomic mass is 35.5. The molecule has 0 bridgehead atoms. The van der Waals surface area contributed by atoms with Crippen molar-refractivity contribution in [2.45, 2.75) is 39.8 Å². The lowest BCUT2D eigenvalue weighted by atomic mass is 10.0. The number of hydrogen-bond donors (Lipinski definition) is 1. The zero-order valence-electron chi connectivity index (χ0n) is 15.2. The number of hydrogen-bond acceptors (Lipinski definition) is 3. The average Bonchev–Trinajstić information content (AvgIpc) is 3.04. The van der Waals surface area contributed by atoms with Gasteiger partial charge in [0.15, 0.2) is 0 Å². The number of fused-ring (bicyclic) bond motifs is 1. The Balaban J connectivity index is 1.82. The van der Waals surface area contributed by atoms with Crippen molar-refractivity contribution in [1.82, 2.24) is 5.32 Å². The molecule has 1 heterocycles. The fourth-order valence-electron chi connectivity index (χ4n) is 3.33. The van der Waals surface area contributed by atoms with Crippen LogP contribution in [-0.2, 0) is 6.42 Å². The Kier molecular flexibility index (Phi) is 5.56. The maximum atomic E-state index is 12.7. The first-order chi connectivity index (χ1) is 12.8. The first-order valence-corrected chi connectivity index (χ1v) is 8.96. The molecule has 2 aromatic rings. The van der Waals surface area contributed by atoms with Crippen molar-refractivity contribution in [1.29, 1.82) is 0 Å². The van der Waals surface area contributed by atoms with E-state index in [0.29, 0.717) is 28.3 Å². The number of carbonyl (C=O) groups is 1. The van der Waals surface area contributed by atoms with Gasteiger partial charge in [-0.15, -0.1) is 0 Å². The third-order valence-electron chi connectivity index (χ3n) is 4.52. The number of halogens is 3. The molecule has 1 N–H and O–H groups in total. The monoisotopic (exact) mass is 395 g/mol. The van der Waals surface area contributed by atoms with Crippen LogP contribution in [0.1, 0.15) is 45.6 Å². The molecule has 144 valence electrons. The summed E-state index contributed by atoms with van der Waals surface area (Å²) in [6, 6.07) is 6.39. The van der Waals surface area contributed by atoms with E-state index in [4.69, 9.17) is 16.3 Å². The van der Waals surface area contributed by atoms with Crippen LogP contribution in [-0.4, -0.2) is 19.1 Å². The largest absolute Gasteiger partial charge is 0.493 e. The maximum Gasteiger partial charge on any atom is 0.387 e. The van der Waals surface area contributed by atoms with Crippen molar-refractivity contribution >= 4 is 17.5 Å². The summed E-state index contributed by atoms with van der Waals surface area (Å²) >= 11 is 6.18. The molecule has 0 saturated carbocycles. The van der Waals surface area contributed by atoms with Gasteiger partial charge < -0.3 is 14.8 Å². The van der Waals surface area contributed by atoms with Gasteiger partial charge in [0.05, 0.1) is 12.6 Å². The molecule has 7 heteroatoms. The summed E-state index contributed by atoms with van der Waals surface area (Å²) in [6.07, 6.45) is 0.785. The van der Waals surface area contributed by atoms with E-state index >= 15 is 0 Å². The van der Waals surface area contributed by atoms with Gasteiger partial charge in [-0.05, 0) is 61.7 Å². The van der Waals surface area contributed by atoms with Crippen LogP contribution in [0.15, 0.2) is 24.3 Å². The molecule has 1 aliphatic rings. The van der Waals surface area contributed by atoms with Crippen molar-refractivity contribution in [3.05, 3.63) is 57.1 Å². The fraction of sp³-hybridized carbons (Fsp3) is 0.350. The predicted molar refractivity (Wildman–Crippen MR) is 99.1 cm³/mol. The Hall–Kier alpha value is -2.34. The number of aryl methyl sites for hydroxylation is 2. The van der Waals surface area contributed by atoms with Gasteiger partial charge in [0, 0.05) is 22.6 Å². The molecule has 4 nitrogen and oxygen atoms in total. The van der Waals surface area contributed by atoms with Gasteiger partial charge >= 0.3 is 6.61 Å². The van der Waals surface area contributed by atoms with E-state index in [0.717, 1.165) is 23.3 Å². The van der Waals surface area contributed by atoms with Crippen molar-refractivity contribution in [3.8, 4) is 11.5 Å². The molecule has 0 aliphatic carbocycles. The second-order valence-electron chi connectivity index (χ2n) is 6.59. The maximum absolute atomic E-state index is 12.7. The number of amides is 1. The predicted octanol–water partition coefficient (Wildman–Crippen LogP) is 4.98. The van der Waals surface area contributed by atoms with E-state index < -0.39 is 6.61 Å². The van der Waals surface area contributed by atoms with Crippen LogP contribution < -0.4 is 14.8 Å². The molecule has 3 rings (SSSR count). The number of benzene rings is 2. The van der Waals surface area contributed by atoms with Crippen LogP contribution in [0, 0.1) is 13.8 Å². The number of rotatable bonds is 5. The third kappa shape index (κ3) is 4.16. The quantitative estimate of drug-likeness (QED) is 0.776. The van der Waals surface area contributed by atoms with Gasteiger partial charge in [0.1, 0.15) is 11.5 Å². The minimum absolute atomic E-state index is 0.0932. The number of alkyl halides is 2. The normalized spacial score (nSPS) is 13.9. The Morgan fingerprint density at radius 1 is 1.22 bits per heavy atom. The molecule has 0 saturated heterocycles. The van der Waals surface area contributed by atoms with Gasteiger partial charge in [-0.2, -0.15) is 8.78 Å². The van der Waals surface area contributed by atoms with Crippen LogP contribution >= 0.6 is 11.6 Å². The lowest BCUT2D eigenvalue weighted by Gasteiger charge is -2.19. The van der Waals surface area contributed by atoms with Crippen molar-refractivity contribution < 1.29 is 23.0 Å². The SMILES string of the molecule is Cc1cc(C(=O)NC(C)c2cc(Cl)cc3c2OCC3)cc(C)c1OC(F)F. The fourth-order valence-corrected chi connectivity index (χ4v) is 3.58. The van der Waals surface area contributed by atoms with E-state index in [9.17, 15) is 13.6 Å². The zero-order chi connectivity index (χ0) is 19.7. The molecule has 2 aromatic carbocycles. The summed E-state index contributed by atoms with van der Waals surface area (Å²) in [5.74, 6) is 0.542. The van der Waals surface area contributed by atoms with Crippen LogP contribution in [0.25, 0.3) is 0 Å². The van der Waals surface area contributed by atoms with Gasteiger partial charge in [-0.25, -0.2) is 0 Å². The van der Waals surface area contributed by atoms with Crippen molar-refractivity contribution in [2.75, 3.05) is 6.61 Å². The molecule has 1 unspecified atom stereocenters. The van der Waals surface area contributed by atoms with Gasteiger partial charge in [0.25, 0.3) is 5.91 Å². The molecular weight excluding hydrogens is 376 g/mol. The Labute approximate surface area is 161 Å². The molecule has 1 aliphatic heterocycles. The summed E-state index contributed by atoms with van der Waals surface area (Å²) < 4.78 is 35.2. The molecule has 1 atom stereocenters. The van der Waals surface area contributed by atoms with Gasteiger partial charge in [-0.1, -0.05) is 11.6 Å². The lowest BCUT2D eigenvalue weighted by Crippen LogP contribution is -2.27. The zero-order valence-corrected chi connectivity index (χ0v) is 16.0. The average molecular weight is 396 g/mol.